The minimum Gasteiger partial charge on any atom is -0.438 e. The molecule has 1 aliphatic rings. The Labute approximate surface area is 119 Å². The zero-order valence-electron chi connectivity index (χ0n) is 11.7. The second-order valence-corrected chi connectivity index (χ2v) is 5.12. The third-order valence-electron chi connectivity index (χ3n) is 3.40. The Balaban J connectivity index is 1.58. The highest BCUT2D eigenvalue weighted by Crippen LogP contribution is 2.20. The molecule has 1 aliphatic carbocycles. The standard InChI is InChI=1S/C16H19N3O/c1-2-12-3-8-15(9-4-12)20-16-10-7-14(18-19-16)11-17-13-5-6-13/h3-4,7-10,13,17H,2,5-6,11H2,1H3. The number of aromatic nitrogens is 2. The Morgan fingerprint density at radius 3 is 2.50 bits per heavy atom. The Hall–Kier alpha value is -1.94. The summed E-state index contributed by atoms with van der Waals surface area (Å²) in [6.07, 6.45) is 3.59. The first kappa shape index (κ1) is 13.1. The first-order valence-electron chi connectivity index (χ1n) is 7.16. The Morgan fingerprint density at radius 2 is 1.90 bits per heavy atom. The van der Waals surface area contributed by atoms with Crippen LogP contribution in [0.25, 0.3) is 0 Å². The van der Waals surface area contributed by atoms with Crippen LogP contribution in [0.4, 0.5) is 0 Å². The summed E-state index contributed by atoms with van der Waals surface area (Å²) in [5, 5.41) is 11.7. The maximum Gasteiger partial charge on any atom is 0.238 e. The molecule has 1 heterocycles. The van der Waals surface area contributed by atoms with E-state index in [1.54, 1.807) is 0 Å². The lowest BCUT2D eigenvalue weighted by atomic mass is 10.2. The van der Waals surface area contributed by atoms with Gasteiger partial charge in [-0.05, 0) is 43.0 Å². The number of hydrogen-bond donors (Lipinski definition) is 1. The van der Waals surface area contributed by atoms with E-state index in [1.165, 1.54) is 18.4 Å². The molecule has 104 valence electrons. The topological polar surface area (TPSA) is 47.0 Å². The van der Waals surface area contributed by atoms with E-state index in [0.29, 0.717) is 11.9 Å². The molecule has 0 bridgehead atoms. The van der Waals surface area contributed by atoms with E-state index in [-0.39, 0.29) is 0 Å². The van der Waals surface area contributed by atoms with Crippen LogP contribution in [0.15, 0.2) is 36.4 Å². The predicted octanol–water partition coefficient (Wildman–Crippen LogP) is 3.08. The molecule has 1 aromatic carbocycles. The molecule has 0 saturated heterocycles. The molecule has 0 amide bonds. The minimum absolute atomic E-state index is 0.532. The fourth-order valence-electron chi connectivity index (χ4n) is 1.95. The van der Waals surface area contributed by atoms with Crippen molar-refractivity contribution in [2.45, 2.75) is 38.8 Å². The number of rotatable bonds is 6. The molecule has 4 nitrogen and oxygen atoms in total. The van der Waals surface area contributed by atoms with Crippen LogP contribution in [0.3, 0.4) is 0 Å². The summed E-state index contributed by atoms with van der Waals surface area (Å²) in [5.74, 6) is 1.32. The van der Waals surface area contributed by atoms with Gasteiger partial charge in [0.25, 0.3) is 0 Å². The van der Waals surface area contributed by atoms with Crippen LogP contribution in [-0.2, 0) is 13.0 Å². The van der Waals surface area contributed by atoms with Crippen LogP contribution in [0, 0.1) is 0 Å². The summed E-state index contributed by atoms with van der Waals surface area (Å²) in [7, 11) is 0. The van der Waals surface area contributed by atoms with Crippen LogP contribution in [0.5, 0.6) is 11.6 Å². The normalized spacial score (nSPS) is 14.2. The van der Waals surface area contributed by atoms with E-state index in [2.05, 4.69) is 34.6 Å². The van der Waals surface area contributed by atoms with Gasteiger partial charge in [-0.1, -0.05) is 19.1 Å². The van der Waals surface area contributed by atoms with Gasteiger partial charge >= 0.3 is 0 Å². The Kier molecular flexibility index (Phi) is 3.92. The van der Waals surface area contributed by atoms with E-state index in [4.69, 9.17) is 4.74 Å². The molecule has 0 unspecified atom stereocenters. The van der Waals surface area contributed by atoms with Crippen molar-refractivity contribution in [3.63, 3.8) is 0 Å². The molecule has 1 aromatic heterocycles. The molecule has 1 N–H and O–H groups in total. The lowest BCUT2D eigenvalue weighted by molar-refractivity contribution is 0.453. The van der Waals surface area contributed by atoms with Gasteiger partial charge in [0.15, 0.2) is 0 Å². The maximum atomic E-state index is 5.68. The summed E-state index contributed by atoms with van der Waals surface area (Å²) >= 11 is 0. The van der Waals surface area contributed by atoms with Crippen LogP contribution in [-0.4, -0.2) is 16.2 Å². The molecular formula is C16H19N3O. The first-order chi connectivity index (χ1) is 9.83. The zero-order chi connectivity index (χ0) is 13.8. The molecule has 1 saturated carbocycles. The van der Waals surface area contributed by atoms with Gasteiger partial charge in [0.05, 0.1) is 5.69 Å². The molecule has 0 aliphatic heterocycles. The summed E-state index contributed by atoms with van der Waals surface area (Å²) in [6, 6.07) is 12.6. The molecule has 0 radical (unpaired) electrons. The second-order valence-electron chi connectivity index (χ2n) is 5.12. The van der Waals surface area contributed by atoms with Gasteiger partial charge in [-0.2, -0.15) is 5.10 Å². The van der Waals surface area contributed by atoms with Crippen LogP contribution in [0.1, 0.15) is 31.0 Å². The summed E-state index contributed by atoms with van der Waals surface area (Å²) in [6.45, 7) is 2.92. The first-order valence-corrected chi connectivity index (χ1v) is 7.16. The zero-order valence-corrected chi connectivity index (χ0v) is 11.7. The minimum atomic E-state index is 0.532. The second kappa shape index (κ2) is 6.01. The molecule has 0 atom stereocenters. The predicted molar refractivity (Wildman–Crippen MR) is 77.8 cm³/mol. The van der Waals surface area contributed by atoms with E-state index in [1.807, 2.05) is 24.3 Å². The molecule has 4 heteroatoms. The number of benzene rings is 1. The fraction of sp³-hybridized carbons (Fsp3) is 0.375. The van der Waals surface area contributed by atoms with E-state index in [9.17, 15) is 0 Å². The van der Waals surface area contributed by atoms with E-state index >= 15 is 0 Å². The highest BCUT2D eigenvalue weighted by atomic mass is 16.5. The summed E-state index contributed by atoms with van der Waals surface area (Å²) in [4.78, 5) is 0. The van der Waals surface area contributed by atoms with Gasteiger partial charge in [-0.15, -0.1) is 5.10 Å². The van der Waals surface area contributed by atoms with Gasteiger partial charge < -0.3 is 10.1 Å². The summed E-state index contributed by atoms with van der Waals surface area (Å²) in [5.41, 5.74) is 2.25. The van der Waals surface area contributed by atoms with Gasteiger partial charge in [0.1, 0.15) is 5.75 Å². The molecule has 3 rings (SSSR count). The van der Waals surface area contributed by atoms with Gasteiger partial charge in [-0.25, -0.2) is 0 Å². The molecular weight excluding hydrogens is 250 g/mol. The average Bonchev–Trinajstić information content (AvgIpc) is 3.32. The third kappa shape index (κ3) is 3.54. The van der Waals surface area contributed by atoms with Gasteiger partial charge in [-0.3, -0.25) is 0 Å². The molecule has 20 heavy (non-hydrogen) atoms. The highest BCUT2D eigenvalue weighted by molar-refractivity contribution is 5.30. The van der Waals surface area contributed by atoms with E-state index in [0.717, 1.165) is 24.4 Å². The van der Waals surface area contributed by atoms with Crippen molar-refractivity contribution in [3.05, 3.63) is 47.7 Å². The molecule has 1 fully saturated rings. The van der Waals surface area contributed by atoms with Crippen molar-refractivity contribution >= 4 is 0 Å². The smallest absolute Gasteiger partial charge is 0.238 e. The SMILES string of the molecule is CCc1ccc(Oc2ccc(CNC3CC3)nn2)cc1. The van der Waals surface area contributed by atoms with Crippen molar-refractivity contribution in [2.75, 3.05) is 0 Å². The average molecular weight is 269 g/mol. The van der Waals surface area contributed by atoms with E-state index < -0.39 is 0 Å². The van der Waals surface area contributed by atoms with Gasteiger partial charge in [0, 0.05) is 18.7 Å². The van der Waals surface area contributed by atoms with Crippen molar-refractivity contribution < 1.29 is 4.74 Å². The number of hydrogen-bond acceptors (Lipinski definition) is 4. The van der Waals surface area contributed by atoms with Crippen LogP contribution >= 0.6 is 0 Å². The summed E-state index contributed by atoms with van der Waals surface area (Å²) < 4.78 is 5.68. The van der Waals surface area contributed by atoms with Gasteiger partial charge in [0.2, 0.25) is 5.88 Å². The lowest BCUT2D eigenvalue weighted by Crippen LogP contribution is -2.16. The highest BCUT2D eigenvalue weighted by Gasteiger charge is 2.20. The Bertz CT molecular complexity index is 547. The number of nitrogens with one attached hydrogen (secondary N) is 1. The molecule has 2 aromatic rings. The van der Waals surface area contributed by atoms with Crippen molar-refractivity contribution in [2.24, 2.45) is 0 Å². The van der Waals surface area contributed by atoms with Crippen LogP contribution in [0.2, 0.25) is 0 Å². The maximum absolute atomic E-state index is 5.68. The number of aryl methyl sites for hydroxylation is 1. The van der Waals surface area contributed by atoms with Crippen molar-refractivity contribution in [1.29, 1.82) is 0 Å². The third-order valence-corrected chi connectivity index (χ3v) is 3.40. The Morgan fingerprint density at radius 1 is 1.10 bits per heavy atom. The number of ether oxygens (including phenoxy) is 1. The quantitative estimate of drug-likeness (QED) is 0.875. The monoisotopic (exact) mass is 269 g/mol. The lowest BCUT2D eigenvalue weighted by Gasteiger charge is -2.06. The van der Waals surface area contributed by atoms with Crippen molar-refractivity contribution in [3.8, 4) is 11.6 Å². The fourth-order valence-corrected chi connectivity index (χ4v) is 1.95. The molecule has 0 spiro atoms. The van der Waals surface area contributed by atoms with Crippen LogP contribution < -0.4 is 10.1 Å². The van der Waals surface area contributed by atoms with Crippen molar-refractivity contribution in [1.82, 2.24) is 15.5 Å². The largest absolute Gasteiger partial charge is 0.438 e. The number of nitrogens with zero attached hydrogens (tertiary/aromatic N) is 2.